The van der Waals surface area contributed by atoms with Crippen LogP contribution in [0.5, 0.6) is 17.2 Å². The molecule has 3 unspecified atom stereocenters. The molecule has 3 aromatic rings. The molecule has 1 fully saturated rings. The molecular formula is C30H33NO7. The highest BCUT2D eigenvalue weighted by Crippen LogP contribution is 2.43. The Morgan fingerprint density at radius 3 is 1.68 bits per heavy atom. The normalized spacial score (nSPS) is 17.5. The smallest absolute Gasteiger partial charge is 0.308 e. The van der Waals surface area contributed by atoms with Crippen molar-refractivity contribution in [3.63, 3.8) is 0 Å². The van der Waals surface area contributed by atoms with Crippen LogP contribution in [-0.2, 0) is 20.9 Å². The second-order valence-electron chi connectivity index (χ2n) is 9.24. The highest BCUT2D eigenvalue weighted by Gasteiger charge is 2.53. The molecule has 0 radical (unpaired) electrons. The Hall–Kier alpha value is -4.04. The van der Waals surface area contributed by atoms with Crippen LogP contribution in [0.25, 0.3) is 0 Å². The number of benzene rings is 3. The summed E-state index contributed by atoms with van der Waals surface area (Å²) in [7, 11) is 4.77. The summed E-state index contributed by atoms with van der Waals surface area (Å²) < 4.78 is 21.3. The molecule has 38 heavy (non-hydrogen) atoms. The topological polar surface area (TPSA) is 94.5 Å². The van der Waals surface area contributed by atoms with Crippen molar-refractivity contribution in [2.75, 3.05) is 21.3 Å². The van der Waals surface area contributed by atoms with Gasteiger partial charge in [0.15, 0.2) is 0 Å². The number of methoxy groups -OCH3 is 3. The molecule has 1 N–H and O–H groups in total. The summed E-state index contributed by atoms with van der Waals surface area (Å²) in [6.45, 7) is 1.68. The van der Waals surface area contributed by atoms with Crippen LogP contribution in [-0.4, -0.2) is 55.4 Å². The Bertz CT molecular complexity index is 1180. The van der Waals surface area contributed by atoms with E-state index in [1.165, 1.54) is 0 Å². The summed E-state index contributed by atoms with van der Waals surface area (Å²) in [5.74, 6) is 0.728. The number of rotatable bonds is 11. The van der Waals surface area contributed by atoms with Crippen molar-refractivity contribution in [1.82, 2.24) is 4.90 Å². The minimum absolute atomic E-state index is 0.0414. The van der Waals surface area contributed by atoms with Gasteiger partial charge in [-0.25, -0.2) is 0 Å². The molecule has 0 spiro atoms. The lowest BCUT2D eigenvalue weighted by Crippen LogP contribution is -2.65. The first-order valence-electron chi connectivity index (χ1n) is 12.4. The molecule has 8 nitrogen and oxygen atoms in total. The van der Waals surface area contributed by atoms with Gasteiger partial charge < -0.3 is 29.0 Å². The van der Waals surface area contributed by atoms with Crippen LogP contribution in [0.15, 0.2) is 72.8 Å². The Kier molecular flexibility index (Phi) is 8.53. The number of hydrogen-bond acceptors (Lipinski definition) is 7. The van der Waals surface area contributed by atoms with Crippen LogP contribution in [0.4, 0.5) is 0 Å². The average molecular weight is 520 g/mol. The van der Waals surface area contributed by atoms with Crippen LogP contribution in [0.3, 0.4) is 0 Å². The molecule has 1 aliphatic heterocycles. The fourth-order valence-electron chi connectivity index (χ4n) is 4.86. The quantitative estimate of drug-likeness (QED) is 0.301. The van der Waals surface area contributed by atoms with Crippen molar-refractivity contribution in [1.29, 1.82) is 0 Å². The van der Waals surface area contributed by atoms with Crippen molar-refractivity contribution < 1.29 is 33.6 Å². The molecule has 8 heteroatoms. The van der Waals surface area contributed by atoms with Crippen molar-refractivity contribution >= 4 is 11.9 Å². The number of β-lactam (4-membered cyclic amide) rings is 1. The SMILES string of the molecule is COc1ccc(COC(=O)CC2C(C(C)O)C(=O)N2C(c2ccc(OC)cc2)c2ccc(OC)cc2)cc1. The molecule has 4 rings (SSSR count). The van der Waals surface area contributed by atoms with Gasteiger partial charge in [-0.05, 0) is 60.0 Å². The molecule has 3 atom stereocenters. The van der Waals surface area contributed by atoms with Crippen molar-refractivity contribution in [3.8, 4) is 17.2 Å². The van der Waals surface area contributed by atoms with Gasteiger partial charge in [0, 0.05) is 0 Å². The van der Waals surface area contributed by atoms with Gasteiger partial charge in [-0.1, -0.05) is 36.4 Å². The molecule has 1 amide bonds. The zero-order valence-electron chi connectivity index (χ0n) is 22.0. The Balaban J connectivity index is 1.59. The highest BCUT2D eigenvalue weighted by molar-refractivity contribution is 5.89. The maximum Gasteiger partial charge on any atom is 0.308 e. The zero-order valence-corrected chi connectivity index (χ0v) is 22.0. The molecule has 0 saturated carbocycles. The van der Waals surface area contributed by atoms with Crippen LogP contribution in [0.1, 0.15) is 36.1 Å². The summed E-state index contributed by atoms with van der Waals surface area (Å²) >= 11 is 0. The monoisotopic (exact) mass is 519 g/mol. The summed E-state index contributed by atoms with van der Waals surface area (Å²) in [6, 6.07) is 21.2. The standard InChI is InChI=1S/C30H33NO7/c1-19(32)28-26(17-27(33)38-18-20-5-11-23(35-2)12-6-20)31(30(28)34)29(21-7-13-24(36-3)14-8-21)22-9-15-25(37-4)16-10-22/h5-16,19,26,28-29,32H,17-18H2,1-4H3. The van der Waals surface area contributed by atoms with Crippen LogP contribution >= 0.6 is 0 Å². The third kappa shape index (κ3) is 5.75. The van der Waals surface area contributed by atoms with Gasteiger partial charge in [0.2, 0.25) is 5.91 Å². The van der Waals surface area contributed by atoms with Crippen molar-refractivity contribution in [2.24, 2.45) is 5.92 Å². The summed E-state index contributed by atoms with van der Waals surface area (Å²) in [4.78, 5) is 28.0. The van der Waals surface area contributed by atoms with E-state index in [4.69, 9.17) is 18.9 Å². The summed E-state index contributed by atoms with van der Waals surface area (Å²) in [5.41, 5.74) is 2.53. The average Bonchev–Trinajstić information content (AvgIpc) is 2.94. The van der Waals surface area contributed by atoms with Crippen molar-refractivity contribution in [2.45, 2.75) is 38.1 Å². The van der Waals surface area contributed by atoms with E-state index in [0.717, 1.165) is 16.7 Å². The molecule has 1 saturated heterocycles. The third-order valence-electron chi connectivity index (χ3n) is 6.91. The van der Waals surface area contributed by atoms with E-state index in [0.29, 0.717) is 17.2 Å². The number of carbonyl (C=O) groups excluding carboxylic acids is 2. The zero-order chi connectivity index (χ0) is 27.2. The summed E-state index contributed by atoms with van der Waals surface area (Å²) in [5, 5.41) is 10.4. The fraction of sp³-hybridized carbons (Fsp3) is 0.333. The number of hydrogen-bond donors (Lipinski definition) is 1. The second kappa shape index (κ2) is 12.0. The number of nitrogens with zero attached hydrogens (tertiary/aromatic N) is 1. The third-order valence-corrected chi connectivity index (χ3v) is 6.91. The van der Waals surface area contributed by atoms with Crippen LogP contribution in [0, 0.1) is 5.92 Å². The van der Waals surface area contributed by atoms with Gasteiger partial charge in [0.05, 0.1) is 51.9 Å². The molecule has 0 aromatic heterocycles. The number of aliphatic hydroxyl groups excluding tert-OH is 1. The lowest BCUT2D eigenvalue weighted by Gasteiger charge is -2.52. The first-order chi connectivity index (χ1) is 18.4. The molecule has 200 valence electrons. The van der Waals surface area contributed by atoms with Gasteiger partial charge in [0.25, 0.3) is 0 Å². The van der Waals surface area contributed by atoms with E-state index in [2.05, 4.69) is 0 Å². The maximum atomic E-state index is 13.4. The molecule has 3 aromatic carbocycles. The number of amides is 1. The lowest BCUT2D eigenvalue weighted by atomic mass is 9.78. The maximum absolute atomic E-state index is 13.4. The number of esters is 1. The van der Waals surface area contributed by atoms with E-state index >= 15 is 0 Å². The Morgan fingerprint density at radius 2 is 1.26 bits per heavy atom. The van der Waals surface area contributed by atoms with E-state index in [-0.39, 0.29) is 18.9 Å². The lowest BCUT2D eigenvalue weighted by molar-refractivity contribution is -0.172. The van der Waals surface area contributed by atoms with E-state index in [1.54, 1.807) is 45.3 Å². The first kappa shape index (κ1) is 27.0. The molecule has 1 aliphatic rings. The Labute approximate surface area is 222 Å². The van der Waals surface area contributed by atoms with Crippen LogP contribution < -0.4 is 14.2 Å². The van der Waals surface area contributed by atoms with Gasteiger partial charge in [-0.2, -0.15) is 0 Å². The predicted molar refractivity (Wildman–Crippen MR) is 141 cm³/mol. The largest absolute Gasteiger partial charge is 0.497 e. The molecular weight excluding hydrogens is 486 g/mol. The molecule has 0 aliphatic carbocycles. The Morgan fingerprint density at radius 1 is 0.816 bits per heavy atom. The second-order valence-corrected chi connectivity index (χ2v) is 9.24. The first-order valence-corrected chi connectivity index (χ1v) is 12.4. The van der Waals surface area contributed by atoms with Gasteiger partial charge in [-0.15, -0.1) is 0 Å². The number of aliphatic hydroxyl groups is 1. The van der Waals surface area contributed by atoms with E-state index < -0.39 is 30.1 Å². The number of ether oxygens (including phenoxy) is 4. The van der Waals surface area contributed by atoms with Gasteiger partial charge in [0.1, 0.15) is 23.9 Å². The minimum atomic E-state index is -0.912. The number of likely N-dealkylation sites (tertiary alicyclic amines) is 1. The fourth-order valence-corrected chi connectivity index (χ4v) is 4.86. The summed E-state index contributed by atoms with van der Waals surface area (Å²) in [6.07, 6.45) is -0.953. The van der Waals surface area contributed by atoms with Crippen LogP contribution in [0.2, 0.25) is 0 Å². The molecule has 0 bridgehead atoms. The minimum Gasteiger partial charge on any atom is -0.497 e. The number of carbonyl (C=O) groups is 2. The molecule has 1 heterocycles. The van der Waals surface area contributed by atoms with Gasteiger partial charge in [-0.3, -0.25) is 9.59 Å². The van der Waals surface area contributed by atoms with Gasteiger partial charge >= 0.3 is 5.97 Å². The predicted octanol–water partition coefficient (Wildman–Crippen LogP) is 4.14. The van der Waals surface area contributed by atoms with Crippen molar-refractivity contribution in [3.05, 3.63) is 89.5 Å². The van der Waals surface area contributed by atoms with E-state index in [1.807, 2.05) is 60.7 Å². The highest BCUT2D eigenvalue weighted by atomic mass is 16.5. The van der Waals surface area contributed by atoms with E-state index in [9.17, 15) is 14.7 Å².